The molecule has 0 aliphatic carbocycles. The van der Waals surface area contributed by atoms with Crippen LogP contribution < -0.4 is 14.4 Å². The molecule has 1 aliphatic rings. The van der Waals surface area contributed by atoms with Gasteiger partial charge >= 0.3 is 0 Å². The Hall–Kier alpha value is -2.74. The first-order valence-electron chi connectivity index (χ1n) is 8.65. The number of amides is 1. The Morgan fingerprint density at radius 2 is 1.70 bits per heavy atom. The van der Waals surface area contributed by atoms with Gasteiger partial charge in [-0.2, -0.15) is 0 Å². The molecule has 7 nitrogen and oxygen atoms in total. The van der Waals surface area contributed by atoms with Crippen LogP contribution in [0.3, 0.4) is 0 Å². The third-order valence-corrected chi connectivity index (χ3v) is 6.16. The molecule has 1 saturated heterocycles. The minimum absolute atomic E-state index is 0.220. The number of ether oxygens (including phenoxy) is 1. The van der Waals surface area contributed by atoms with Crippen molar-refractivity contribution in [1.29, 1.82) is 0 Å². The van der Waals surface area contributed by atoms with Crippen molar-refractivity contribution in [2.75, 3.05) is 42.9 Å². The Bertz CT molecular complexity index is 905. The molecule has 0 saturated carbocycles. The van der Waals surface area contributed by atoms with Crippen LogP contribution in [0.2, 0.25) is 0 Å². The largest absolute Gasteiger partial charge is 0.497 e. The predicted octanol–water partition coefficient (Wildman–Crippen LogP) is 2.08. The lowest BCUT2D eigenvalue weighted by molar-refractivity contribution is -0.118. The molecule has 2 aromatic rings. The van der Waals surface area contributed by atoms with Crippen LogP contribution in [0.5, 0.6) is 5.75 Å². The van der Waals surface area contributed by atoms with Gasteiger partial charge in [-0.1, -0.05) is 0 Å². The standard InChI is InChI=1S/C19H23N3O4S/c1-15-13-18(26-2)7-8-19(15)27(24,25)20-16-3-5-17(6-4-16)22-11-9-21(14-23)10-12-22/h3-8,13-14,20H,9-12H2,1-2H3. The number of nitrogens with one attached hydrogen (secondary N) is 1. The molecule has 0 bridgehead atoms. The maximum absolute atomic E-state index is 12.7. The monoisotopic (exact) mass is 389 g/mol. The number of carbonyl (C=O) groups is 1. The lowest BCUT2D eigenvalue weighted by Gasteiger charge is -2.34. The van der Waals surface area contributed by atoms with Gasteiger partial charge in [-0.3, -0.25) is 9.52 Å². The zero-order valence-corrected chi connectivity index (χ0v) is 16.2. The maximum atomic E-state index is 12.7. The Labute approximate surface area is 159 Å². The van der Waals surface area contributed by atoms with Crippen LogP contribution in [0.1, 0.15) is 5.56 Å². The molecule has 0 radical (unpaired) electrons. The predicted molar refractivity (Wildman–Crippen MR) is 105 cm³/mol. The molecular formula is C19H23N3O4S. The highest BCUT2D eigenvalue weighted by atomic mass is 32.2. The molecule has 1 N–H and O–H groups in total. The lowest BCUT2D eigenvalue weighted by Crippen LogP contribution is -2.45. The first-order chi connectivity index (χ1) is 12.9. The number of aryl methyl sites for hydroxylation is 1. The minimum atomic E-state index is -3.68. The van der Waals surface area contributed by atoms with Gasteiger partial charge in [0.25, 0.3) is 10.0 Å². The smallest absolute Gasteiger partial charge is 0.262 e. The molecule has 0 unspecified atom stereocenters. The summed E-state index contributed by atoms with van der Waals surface area (Å²) in [6.45, 7) is 4.63. The topological polar surface area (TPSA) is 79.0 Å². The van der Waals surface area contributed by atoms with Crippen molar-refractivity contribution in [3.8, 4) is 5.75 Å². The maximum Gasteiger partial charge on any atom is 0.262 e. The van der Waals surface area contributed by atoms with Gasteiger partial charge in [0.05, 0.1) is 12.0 Å². The van der Waals surface area contributed by atoms with E-state index in [-0.39, 0.29) is 4.90 Å². The fourth-order valence-electron chi connectivity index (χ4n) is 3.09. The Kier molecular flexibility index (Phi) is 5.55. The summed E-state index contributed by atoms with van der Waals surface area (Å²) in [5.74, 6) is 0.616. The van der Waals surface area contributed by atoms with E-state index in [4.69, 9.17) is 4.74 Å². The second-order valence-electron chi connectivity index (χ2n) is 6.41. The average molecular weight is 389 g/mol. The van der Waals surface area contributed by atoms with E-state index in [1.54, 1.807) is 43.2 Å². The van der Waals surface area contributed by atoms with Crippen molar-refractivity contribution >= 4 is 27.8 Å². The van der Waals surface area contributed by atoms with E-state index in [1.807, 2.05) is 12.1 Å². The SMILES string of the molecule is COc1ccc(S(=O)(=O)Nc2ccc(N3CCN(C=O)CC3)cc2)c(C)c1. The van der Waals surface area contributed by atoms with Crippen LogP contribution in [0.15, 0.2) is 47.4 Å². The molecule has 0 spiro atoms. The number of carbonyl (C=O) groups excluding carboxylic acids is 1. The van der Waals surface area contributed by atoms with E-state index in [9.17, 15) is 13.2 Å². The third-order valence-electron chi connectivity index (χ3n) is 4.62. The Balaban J connectivity index is 1.71. The number of nitrogens with zero attached hydrogens (tertiary/aromatic N) is 2. The zero-order chi connectivity index (χ0) is 19.4. The van der Waals surface area contributed by atoms with E-state index in [1.165, 1.54) is 6.07 Å². The van der Waals surface area contributed by atoms with Crippen LogP contribution in [0.25, 0.3) is 0 Å². The van der Waals surface area contributed by atoms with Crippen LogP contribution in [0, 0.1) is 6.92 Å². The van der Waals surface area contributed by atoms with Crippen LogP contribution in [0.4, 0.5) is 11.4 Å². The van der Waals surface area contributed by atoms with E-state index in [0.717, 1.165) is 25.2 Å². The first-order valence-corrected chi connectivity index (χ1v) is 10.1. The normalized spacial score (nSPS) is 14.7. The highest BCUT2D eigenvalue weighted by Gasteiger charge is 2.19. The number of hydrogen-bond donors (Lipinski definition) is 1. The van der Waals surface area contributed by atoms with E-state index in [2.05, 4.69) is 9.62 Å². The third kappa shape index (κ3) is 4.33. The number of rotatable bonds is 6. The zero-order valence-electron chi connectivity index (χ0n) is 15.4. The van der Waals surface area contributed by atoms with Gasteiger partial charge in [-0.25, -0.2) is 8.42 Å². The molecular weight excluding hydrogens is 366 g/mol. The van der Waals surface area contributed by atoms with E-state index in [0.29, 0.717) is 30.1 Å². The summed E-state index contributed by atoms with van der Waals surface area (Å²) in [5.41, 5.74) is 2.12. The quantitative estimate of drug-likeness (QED) is 0.766. The van der Waals surface area contributed by atoms with Gasteiger partial charge in [0.1, 0.15) is 5.75 Å². The summed E-state index contributed by atoms with van der Waals surface area (Å²) in [7, 11) is -2.14. The second kappa shape index (κ2) is 7.87. The average Bonchev–Trinajstić information content (AvgIpc) is 2.68. The minimum Gasteiger partial charge on any atom is -0.497 e. The van der Waals surface area contributed by atoms with Crippen molar-refractivity contribution in [2.24, 2.45) is 0 Å². The number of anilines is 2. The molecule has 0 aromatic heterocycles. The van der Waals surface area contributed by atoms with Gasteiger partial charge < -0.3 is 14.5 Å². The highest BCUT2D eigenvalue weighted by molar-refractivity contribution is 7.92. The molecule has 1 amide bonds. The molecule has 2 aromatic carbocycles. The molecule has 27 heavy (non-hydrogen) atoms. The highest BCUT2D eigenvalue weighted by Crippen LogP contribution is 2.25. The summed E-state index contributed by atoms with van der Waals surface area (Å²) in [5, 5.41) is 0. The van der Waals surface area contributed by atoms with Crippen molar-refractivity contribution in [1.82, 2.24) is 4.90 Å². The summed E-state index contributed by atoms with van der Waals surface area (Å²) < 4.78 is 33.1. The lowest BCUT2D eigenvalue weighted by atomic mass is 10.2. The van der Waals surface area contributed by atoms with Crippen molar-refractivity contribution in [2.45, 2.75) is 11.8 Å². The summed E-state index contributed by atoms with van der Waals surface area (Å²) in [4.78, 5) is 14.9. The fraction of sp³-hybridized carbons (Fsp3) is 0.316. The van der Waals surface area contributed by atoms with Crippen LogP contribution >= 0.6 is 0 Å². The van der Waals surface area contributed by atoms with Gasteiger partial charge in [0.15, 0.2) is 0 Å². The summed E-state index contributed by atoms with van der Waals surface area (Å²) in [6.07, 6.45) is 0.871. The molecule has 3 rings (SSSR count). The first kappa shape index (κ1) is 19.0. The Morgan fingerprint density at radius 1 is 1.04 bits per heavy atom. The molecule has 8 heteroatoms. The van der Waals surface area contributed by atoms with Crippen molar-refractivity contribution in [3.05, 3.63) is 48.0 Å². The van der Waals surface area contributed by atoms with Crippen LogP contribution in [-0.2, 0) is 14.8 Å². The number of methoxy groups -OCH3 is 1. The van der Waals surface area contributed by atoms with Gasteiger partial charge in [0, 0.05) is 37.6 Å². The molecule has 1 fully saturated rings. The van der Waals surface area contributed by atoms with Crippen molar-refractivity contribution < 1.29 is 17.9 Å². The van der Waals surface area contributed by atoms with E-state index < -0.39 is 10.0 Å². The van der Waals surface area contributed by atoms with Gasteiger partial charge in [-0.15, -0.1) is 0 Å². The molecule has 1 aliphatic heterocycles. The van der Waals surface area contributed by atoms with Crippen molar-refractivity contribution in [3.63, 3.8) is 0 Å². The van der Waals surface area contributed by atoms with Crippen LogP contribution in [-0.4, -0.2) is 53.0 Å². The van der Waals surface area contributed by atoms with Gasteiger partial charge in [-0.05, 0) is 55.0 Å². The Morgan fingerprint density at radius 3 is 2.26 bits per heavy atom. The second-order valence-corrected chi connectivity index (χ2v) is 8.06. The molecule has 144 valence electrons. The number of benzene rings is 2. The van der Waals surface area contributed by atoms with E-state index >= 15 is 0 Å². The number of sulfonamides is 1. The van der Waals surface area contributed by atoms with Gasteiger partial charge in [0.2, 0.25) is 6.41 Å². The number of piperazine rings is 1. The number of hydrogen-bond acceptors (Lipinski definition) is 5. The summed E-state index contributed by atoms with van der Waals surface area (Å²) in [6, 6.07) is 12.1. The molecule has 1 heterocycles. The fourth-order valence-corrected chi connectivity index (χ4v) is 4.37. The summed E-state index contributed by atoms with van der Waals surface area (Å²) >= 11 is 0. The molecule has 0 atom stereocenters.